The maximum atomic E-state index is 13.2. The summed E-state index contributed by atoms with van der Waals surface area (Å²) in [5.41, 5.74) is 0.380. The number of ether oxygens (including phenoxy) is 1. The second kappa shape index (κ2) is 4.23. The number of fused-ring (bicyclic) bond motifs is 1. The van der Waals surface area contributed by atoms with E-state index in [4.69, 9.17) is 4.74 Å². The lowest BCUT2D eigenvalue weighted by Gasteiger charge is -2.38. The molecule has 1 saturated carbocycles. The number of hydrogen-bond acceptors (Lipinski definition) is 2. The van der Waals surface area contributed by atoms with Gasteiger partial charge in [-0.25, -0.2) is 4.39 Å². The molecule has 1 spiro atoms. The predicted molar refractivity (Wildman–Crippen MR) is 67.0 cm³/mol. The average molecular weight is 250 g/mol. The van der Waals surface area contributed by atoms with Crippen LogP contribution in [0.25, 0.3) is 0 Å². The van der Waals surface area contributed by atoms with Gasteiger partial charge in [-0.3, -0.25) is 0 Å². The molecule has 0 bridgehead atoms. The molecule has 1 heterocycles. The third-order valence-electron chi connectivity index (χ3n) is 4.47. The Morgan fingerprint density at radius 3 is 3.00 bits per heavy atom. The van der Waals surface area contributed by atoms with Gasteiger partial charge >= 0.3 is 0 Å². The third-order valence-corrected chi connectivity index (χ3v) is 4.47. The summed E-state index contributed by atoms with van der Waals surface area (Å²) in [6.07, 6.45) is 4.34. The fourth-order valence-electron chi connectivity index (χ4n) is 3.43. The van der Waals surface area contributed by atoms with Gasteiger partial charge < -0.3 is 9.84 Å². The normalized spacial score (nSPS) is 34.4. The van der Waals surface area contributed by atoms with E-state index in [-0.39, 0.29) is 11.4 Å². The topological polar surface area (TPSA) is 29.5 Å². The van der Waals surface area contributed by atoms with Crippen molar-refractivity contribution < 1.29 is 14.2 Å². The summed E-state index contributed by atoms with van der Waals surface area (Å²) in [6.45, 7) is 2.20. The summed E-state index contributed by atoms with van der Waals surface area (Å²) < 4.78 is 19.3. The minimum absolute atomic E-state index is 0.217. The Bertz CT molecular complexity index is 460. The Morgan fingerprint density at radius 1 is 1.44 bits per heavy atom. The van der Waals surface area contributed by atoms with Crippen LogP contribution in [0, 0.1) is 11.7 Å². The summed E-state index contributed by atoms with van der Waals surface area (Å²) in [5.74, 6) is 1.04. The van der Waals surface area contributed by atoms with Crippen LogP contribution in [0.4, 0.5) is 4.39 Å². The first-order valence-corrected chi connectivity index (χ1v) is 6.78. The largest absolute Gasteiger partial charge is 0.487 e. The zero-order valence-electron chi connectivity index (χ0n) is 10.7. The molecule has 0 radical (unpaired) electrons. The molecule has 0 aromatic heterocycles. The molecular formula is C15H19FO2. The molecule has 2 aliphatic rings. The van der Waals surface area contributed by atoms with Crippen LogP contribution in [-0.2, 0) is 0 Å². The Kier molecular flexibility index (Phi) is 2.81. The molecule has 3 heteroatoms. The molecule has 1 aromatic carbocycles. The zero-order chi connectivity index (χ0) is 12.8. The minimum atomic E-state index is -0.597. The van der Waals surface area contributed by atoms with Crippen molar-refractivity contribution in [3.63, 3.8) is 0 Å². The minimum Gasteiger partial charge on any atom is -0.487 e. The predicted octanol–water partition coefficient (Wildman–Crippen LogP) is 3.59. The maximum Gasteiger partial charge on any atom is 0.126 e. The van der Waals surface area contributed by atoms with E-state index in [0.717, 1.165) is 19.3 Å². The van der Waals surface area contributed by atoms with E-state index in [2.05, 4.69) is 6.92 Å². The van der Waals surface area contributed by atoms with Gasteiger partial charge in [0, 0.05) is 12.0 Å². The van der Waals surface area contributed by atoms with Crippen molar-refractivity contribution in [3.8, 4) is 5.75 Å². The quantitative estimate of drug-likeness (QED) is 0.825. The number of benzene rings is 1. The molecule has 1 aliphatic heterocycles. The molecule has 1 fully saturated rings. The third kappa shape index (κ3) is 1.91. The molecule has 1 aromatic rings. The Hall–Kier alpha value is -1.09. The molecule has 3 atom stereocenters. The van der Waals surface area contributed by atoms with Crippen molar-refractivity contribution in [2.75, 3.05) is 0 Å². The average Bonchev–Trinajstić information content (AvgIpc) is 2.73. The van der Waals surface area contributed by atoms with Crippen LogP contribution in [-0.4, -0.2) is 10.7 Å². The van der Waals surface area contributed by atoms with Gasteiger partial charge in [0.1, 0.15) is 17.2 Å². The Balaban J connectivity index is 1.90. The molecule has 3 rings (SSSR count). The number of halogens is 1. The highest BCUT2D eigenvalue weighted by atomic mass is 19.1. The molecule has 1 N–H and O–H groups in total. The van der Waals surface area contributed by atoms with Crippen molar-refractivity contribution in [1.29, 1.82) is 0 Å². The van der Waals surface area contributed by atoms with Crippen molar-refractivity contribution in [2.24, 2.45) is 5.92 Å². The van der Waals surface area contributed by atoms with Crippen LogP contribution < -0.4 is 4.74 Å². The summed E-state index contributed by atoms with van der Waals surface area (Å²) >= 11 is 0. The van der Waals surface area contributed by atoms with Crippen LogP contribution in [0.2, 0.25) is 0 Å². The van der Waals surface area contributed by atoms with E-state index in [9.17, 15) is 9.50 Å². The monoisotopic (exact) mass is 250 g/mol. The number of aliphatic hydroxyl groups is 1. The second-order valence-corrected chi connectivity index (χ2v) is 5.70. The van der Waals surface area contributed by atoms with E-state index < -0.39 is 6.10 Å². The van der Waals surface area contributed by atoms with E-state index in [0.29, 0.717) is 23.7 Å². The lowest BCUT2D eigenvalue weighted by Crippen LogP contribution is -2.38. The molecule has 0 amide bonds. The molecular weight excluding hydrogens is 231 g/mol. The zero-order valence-corrected chi connectivity index (χ0v) is 10.7. The van der Waals surface area contributed by atoms with Crippen LogP contribution in [0.15, 0.2) is 18.2 Å². The first kappa shape index (κ1) is 12.0. The van der Waals surface area contributed by atoms with Gasteiger partial charge in [0.15, 0.2) is 0 Å². The second-order valence-electron chi connectivity index (χ2n) is 5.70. The number of rotatable bonds is 1. The van der Waals surface area contributed by atoms with Crippen LogP contribution in [0.5, 0.6) is 5.75 Å². The van der Waals surface area contributed by atoms with E-state index >= 15 is 0 Å². The van der Waals surface area contributed by atoms with Gasteiger partial charge in [-0.15, -0.1) is 0 Å². The molecule has 18 heavy (non-hydrogen) atoms. The molecule has 98 valence electrons. The highest BCUT2D eigenvalue weighted by Gasteiger charge is 2.45. The van der Waals surface area contributed by atoms with Crippen molar-refractivity contribution in [3.05, 3.63) is 29.6 Å². The van der Waals surface area contributed by atoms with E-state index in [1.165, 1.54) is 18.6 Å². The summed E-state index contributed by atoms with van der Waals surface area (Å²) in [7, 11) is 0. The number of hydrogen-bond donors (Lipinski definition) is 1. The standard InChI is InChI=1S/C15H19FO2/c1-2-10-5-6-15(8-10)9-13(17)12-7-11(16)3-4-14(12)18-15/h3-4,7,10,13,17H,2,5-6,8-9H2,1H3. The van der Waals surface area contributed by atoms with Gasteiger partial charge in [0.2, 0.25) is 0 Å². The Morgan fingerprint density at radius 2 is 2.28 bits per heavy atom. The summed E-state index contributed by atoms with van der Waals surface area (Å²) in [5, 5.41) is 10.2. The van der Waals surface area contributed by atoms with E-state index in [1.54, 1.807) is 6.07 Å². The van der Waals surface area contributed by atoms with Gasteiger partial charge in [0.05, 0.1) is 6.10 Å². The smallest absolute Gasteiger partial charge is 0.126 e. The lowest BCUT2D eigenvalue weighted by atomic mass is 9.86. The highest BCUT2D eigenvalue weighted by molar-refractivity contribution is 5.38. The van der Waals surface area contributed by atoms with Gasteiger partial charge in [-0.1, -0.05) is 13.3 Å². The Labute approximate surface area is 107 Å². The van der Waals surface area contributed by atoms with Gasteiger partial charge in [-0.05, 0) is 43.4 Å². The van der Waals surface area contributed by atoms with Crippen molar-refractivity contribution in [1.82, 2.24) is 0 Å². The van der Waals surface area contributed by atoms with Crippen LogP contribution >= 0.6 is 0 Å². The number of aliphatic hydroxyl groups excluding tert-OH is 1. The van der Waals surface area contributed by atoms with Crippen LogP contribution in [0.3, 0.4) is 0 Å². The fourth-order valence-corrected chi connectivity index (χ4v) is 3.43. The van der Waals surface area contributed by atoms with Gasteiger partial charge in [-0.2, -0.15) is 0 Å². The first-order valence-electron chi connectivity index (χ1n) is 6.78. The summed E-state index contributed by atoms with van der Waals surface area (Å²) in [6, 6.07) is 4.43. The lowest BCUT2D eigenvalue weighted by molar-refractivity contribution is -0.0124. The van der Waals surface area contributed by atoms with Gasteiger partial charge in [0.25, 0.3) is 0 Å². The van der Waals surface area contributed by atoms with Crippen molar-refractivity contribution in [2.45, 2.75) is 50.7 Å². The molecule has 2 nitrogen and oxygen atoms in total. The van der Waals surface area contributed by atoms with Crippen molar-refractivity contribution >= 4 is 0 Å². The SMILES string of the molecule is CCC1CCC2(C1)CC(O)c1cc(F)ccc1O2. The highest BCUT2D eigenvalue weighted by Crippen LogP contribution is 2.49. The molecule has 1 aliphatic carbocycles. The molecule has 0 saturated heterocycles. The molecule has 3 unspecified atom stereocenters. The summed E-state index contributed by atoms with van der Waals surface area (Å²) in [4.78, 5) is 0. The fraction of sp³-hybridized carbons (Fsp3) is 0.600. The maximum absolute atomic E-state index is 13.2. The first-order chi connectivity index (χ1) is 8.62. The van der Waals surface area contributed by atoms with Crippen LogP contribution in [0.1, 0.15) is 50.7 Å². The van der Waals surface area contributed by atoms with E-state index in [1.807, 2.05) is 0 Å².